The van der Waals surface area contributed by atoms with Crippen molar-refractivity contribution < 1.29 is 9.50 Å². The maximum atomic E-state index is 12.6. The van der Waals surface area contributed by atoms with Gasteiger partial charge in [0.2, 0.25) is 0 Å². The molecule has 0 fully saturated rings. The van der Waals surface area contributed by atoms with Crippen LogP contribution < -0.4 is 0 Å². The fourth-order valence-electron chi connectivity index (χ4n) is 1.38. The number of benzene rings is 1. The molecule has 0 aromatic heterocycles. The minimum absolute atomic E-state index is 0.0246. The standard InChI is InChI=1S/C13H17FN2O/c1-4-5-16(3)9-15-12-7-11(8-14)13(17)6-10(12)2/h4,6-7,9,17H,1,5,8H2,2-3H3. The molecule has 0 amide bonds. The SMILES string of the molecule is C=CCN(C)C=Nc1cc(CF)c(O)cc1C. The summed E-state index contributed by atoms with van der Waals surface area (Å²) in [6.45, 7) is 5.44. The number of alkyl halides is 1. The largest absolute Gasteiger partial charge is 0.508 e. The second-order valence-corrected chi connectivity index (χ2v) is 3.87. The van der Waals surface area contributed by atoms with Crippen molar-refractivity contribution in [3.8, 4) is 5.75 Å². The van der Waals surface area contributed by atoms with Crippen molar-refractivity contribution in [2.45, 2.75) is 13.6 Å². The highest BCUT2D eigenvalue weighted by atomic mass is 19.1. The number of aromatic hydroxyl groups is 1. The summed E-state index contributed by atoms with van der Waals surface area (Å²) in [5.41, 5.74) is 1.73. The van der Waals surface area contributed by atoms with Crippen LogP contribution >= 0.6 is 0 Å². The molecule has 17 heavy (non-hydrogen) atoms. The van der Waals surface area contributed by atoms with Gasteiger partial charge in [0.1, 0.15) is 12.4 Å². The van der Waals surface area contributed by atoms with Crippen molar-refractivity contribution in [1.29, 1.82) is 0 Å². The zero-order valence-corrected chi connectivity index (χ0v) is 10.2. The van der Waals surface area contributed by atoms with Gasteiger partial charge in [-0.3, -0.25) is 0 Å². The molecule has 0 aliphatic rings. The smallest absolute Gasteiger partial charge is 0.121 e. The Morgan fingerprint density at radius 3 is 2.82 bits per heavy atom. The molecule has 0 radical (unpaired) electrons. The number of likely N-dealkylation sites (N-methyl/N-ethyl adjacent to an activating group) is 1. The molecule has 0 atom stereocenters. The monoisotopic (exact) mass is 236 g/mol. The number of phenolic OH excluding ortho intramolecular Hbond substituents is 1. The number of phenols is 1. The molecule has 3 nitrogen and oxygen atoms in total. The van der Waals surface area contributed by atoms with Gasteiger partial charge in [-0.2, -0.15) is 0 Å². The van der Waals surface area contributed by atoms with E-state index >= 15 is 0 Å². The molecule has 4 heteroatoms. The maximum absolute atomic E-state index is 12.6. The predicted molar refractivity (Wildman–Crippen MR) is 68.6 cm³/mol. The Labute approximate surface area is 101 Å². The summed E-state index contributed by atoms with van der Waals surface area (Å²) in [7, 11) is 1.87. The molecule has 1 aromatic carbocycles. The molecule has 0 saturated heterocycles. The van der Waals surface area contributed by atoms with E-state index in [1.807, 2.05) is 18.9 Å². The number of nitrogens with zero attached hydrogens (tertiary/aromatic N) is 2. The Bertz CT molecular complexity index is 430. The van der Waals surface area contributed by atoms with Crippen molar-refractivity contribution >= 4 is 12.0 Å². The second-order valence-electron chi connectivity index (χ2n) is 3.87. The molecular weight excluding hydrogens is 219 g/mol. The van der Waals surface area contributed by atoms with Gasteiger partial charge in [0, 0.05) is 19.2 Å². The molecule has 1 rings (SSSR count). The molecule has 0 heterocycles. The molecule has 92 valence electrons. The minimum Gasteiger partial charge on any atom is -0.508 e. The third kappa shape index (κ3) is 3.59. The Balaban J connectivity index is 2.94. The van der Waals surface area contributed by atoms with Crippen LogP contribution in [0.2, 0.25) is 0 Å². The number of hydrogen-bond acceptors (Lipinski definition) is 2. The maximum Gasteiger partial charge on any atom is 0.121 e. The quantitative estimate of drug-likeness (QED) is 0.484. The molecule has 0 spiro atoms. The van der Waals surface area contributed by atoms with Crippen molar-refractivity contribution in [2.24, 2.45) is 4.99 Å². The Kier molecular flexibility index (Phi) is 4.69. The second kappa shape index (κ2) is 6.03. The van der Waals surface area contributed by atoms with Gasteiger partial charge < -0.3 is 10.0 Å². The zero-order valence-electron chi connectivity index (χ0n) is 10.2. The highest BCUT2D eigenvalue weighted by Gasteiger charge is 2.05. The van der Waals surface area contributed by atoms with Gasteiger partial charge in [0.05, 0.1) is 12.0 Å². The van der Waals surface area contributed by atoms with E-state index in [1.54, 1.807) is 18.5 Å². The van der Waals surface area contributed by atoms with E-state index in [2.05, 4.69) is 11.6 Å². The molecule has 1 N–H and O–H groups in total. The van der Waals surface area contributed by atoms with Gasteiger partial charge in [-0.25, -0.2) is 9.38 Å². The van der Waals surface area contributed by atoms with Crippen molar-refractivity contribution in [1.82, 2.24) is 4.90 Å². The van der Waals surface area contributed by atoms with Gasteiger partial charge in [-0.05, 0) is 24.6 Å². The van der Waals surface area contributed by atoms with E-state index in [0.29, 0.717) is 12.2 Å². The number of aliphatic imine (C=N–C) groups is 1. The first-order valence-corrected chi connectivity index (χ1v) is 5.32. The topological polar surface area (TPSA) is 35.8 Å². The highest BCUT2D eigenvalue weighted by molar-refractivity contribution is 5.64. The first-order chi connectivity index (χ1) is 8.08. The Morgan fingerprint density at radius 1 is 1.53 bits per heavy atom. The number of aryl methyl sites for hydroxylation is 1. The summed E-state index contributed by atoms with van der Waals surface area (Å²) >= 11 is 0. The van der Waals surface area contributed by atoms with Crippen molar-refractivity contribution in [3.63, 3.8) is 0 Å². The Morgan fingerprint density at radius 2 is 2.24 bits per heavy atom. The molecule has 0 bridgehead atoms. The number of hydrogen-bond donors (Lipinski definition) is 1. The summed E-state index contributed by atoms with van der Waals surface area (Å²) in [5.74, 6) is -0.0246. The van der Waals surface area contributed by atoms with Crippen LogP contribution in [0.5, 0.6) is 5.75 Å². The zero-order chi connectivity index (χ0) is 12.8. The summed E-state index contributed by atoms with van der Waals surface area (Å²) in [4.78, 5) is 6.10. The molecule has 0 aliphatic carbocycles. The summed E-state index contributed by atoms with van der Waals surface area (Å²) in [6, 6.07) is 3.08. The van der Waals surface area contributed by atoms with E-state index < -0.39 is 6.67 Å². The lowest BCUT2D eigenvalue weighted by atomic mass is 10.1. The van der Waals surface area contributed by atoms with E-state index in [4.69, 9.17) is 0 Å². The van der Waals surface area contributed by atoms with E-state index in [-0.39, 0.29) is 11.3 Å². The van der Waals surface area contributed by atoms with Crippen LogP contribution in [-0.2, 0) is 6.67 Å². The summed E-state index contributed by atoms with van der Waals surface area (Å²) in [6.07, 6.45) is 3.42. The Hall–Kier alpha value is -1.84. The average molecular weight is 236 g/mol. The first-order valence-electron chi connectivity index (χ1n) is 5.32. The molecular formula is C13H17FN2O. The third-order valence-electron chi connectivity index (χ3n) is 2.35. The van der Waals surface area contributed by atoms with Crippen LogP contribution in [0, 0.1) is 6.92 Å². The van der Waals surface area contributed by atoms with Gasteiger partial charge in [0.15, 0.2) is 0 Å². The van der Waals surface area contributed by atoms with Crippen LogP contribution in [0.25, 0.3) is 0 Å². The fraction of sp³-hybridized carbons (Fsp3) is 0.308. The molecule has 1 aromatic rings. The fourth-order valence-corrected chi connectivity index (χ4v) is 1.38. The third-order valence-corrected chi connectivity index (χ3v) is 2.35. The van der Waals surface area contributed by atoms with Crippen LogP contribution in [-0.4, -0.2) is 29.9 Å². The molecule has 0 unspecified atom stereocenters. The predicted octanol–water partition coefficient (Wildman–Crippen LogP) is 2.95. The highest BCUT2D eigenvalue weighted by Crippen LogP contribution is 2.28. The molecule has 0 aliphatic heterocycles. The van der Waals surface area contributed by atoms with E-state index in [0.717, 1.165) is 5.56 Å². The van der Waals surface area contributed by atoms with Crippen molar-refractivity contribution in [2.75, 3.05) is 13.6 Å². The van der Waals surface area contributed by atoms with Crippen LogP contribution in [0.3, 0.4) is 0 Å². The van der Waals surface area contributed by atoms with E-state index in [9.17, 15) is 9.50 Å². The lowest BCUT2D eigenvalue weighted by molar-refractivity contribution is 0.432. The van der Waals surface area contributed by atoms with Gasteiger partial charge in [0.25, 0.3) is 0 Å². The summed E-state index contributed by atoms with van der Waals surface area (Å²) in [5, 5.41) is 9.46. The first kappa shape index (κ1) is 13.2. The van der Waals surface area contributed by atoms with Gasteiger partial charge >= 0.3 is 0 Å². The van der Waals surface area contributed by atoms with Gasteiger partial charge in [-0.15, -0.1) is 6.58 Å². The minimum atomic E-state index is -0.697. The lowest BCUT2D eigenvalue weighted by Gasteiger charge is -2.10. The van der Waals surface area contributed by atoms with Crippen LogP contribution in [0.4, 0.5) is 10.1 Å². The van der Waals surface area contributed by atoms with E-state index in [1.165, 1.54) is 6.07 Å². The van der Waals surface area contributed by atoms with Crippen LogP contribution in [0.1, 0.15) is 11.1 Å². The average Bonchev–Trinajstić information content (AvgIpc) is 2.28. The van der Waals surface area contributed by atoms with Gasteiger partial charge in [-0.1, -0.05) is 6.08 Å². The summed E-state index contributed by atoms with van der Waals surface area (Å²) < 4.78 is 12.6. The van der Waals surface area contributed by atoms with Crippen LogP contribution in [0.15, 0.2) is 29.8 Å². The van der Waals surface area contributed by atoms with Crippen molar-refractivity contribution in [3.05, 3.63) is 35.9 Å². The lowest BCUT2D eigenvalue weighted by Crippen LogP contribution is -2.15. The normalized spacial score (nSPS) is 10.8. The molecule has 0 saturated carbocycles. The number of halogens is 1. The number of rotatable bonds is 5.